The van der Waals surface area contributed by atoms with Gasteiger partial charge in [-0.25, -0.2) is 0 Å². The topological polar surface area (TPSA) is 52.6 Å². The van der Waals surface area contributed by atoms with Gasteiger partial charge in [0.15, 0.2) is 0 Å². The second-order valence-electron chi connectivity index (χ2n) is 8.83. The molecule has 6 rings (SSSR count). The lowest BCUT2D eigenvalue weighted by molar-refractivity contribution is -0.158. The smallest absolute Gasteiger partial charge is 0.316 e. The summed E-state index contributed by atoms with van der Waals surface area (Å²) < 4.78 is 10.8. The van der Waals surface area contributed by atoms with Gasteiger partial charge in [0.05, 0.1) is 19.6 Å². The summed E-state index contributed by atoms with van der Waals surface area (Å²) >= 11 is 0. The minimum absolute atomic E-state index is 0.0216. The number of rotatable bonds is 4. The predicted octanol–water partition coefficient (Wildman–Crippen LogP) is 4.46. The van der Waals surface area contributed by atoms with Gasteiger partial charge in [-0.1, -0.05) is 74.5 Å². The summed E-state index contributed by atoms with van der Waals surface area (Å²) in [4.78, 5) is 26.9. The van der Waals surface area contributed by atoms with E-state index < -0.39 is 10.8 Å². The number of methoxy groups -OCH3 is 2. The number of esters is 2. The molecule has 4 heteroatoms. The van der Waals surface area contributed by atoms with E-state index in [1.54, 1.807) is 0 Å². The van der Waals surface area contributed by atoms with Gasteiger partial charge in [0.2, 0.25) is 0 Å². The normalized spacial score (nSPS) is 35.7. The Morgan fingerprint density at radius 2 is 1.03 bits per heavy atom. The Morgan fingerprint density at radius 1 is 0.667 bits per heavy atom. The Hall–Kier alpha value is -2.88. The summed E-state index contributed by atoms with van der Waals surface area (Å²) in [6, 6.07) is 20.0. The van der Waals surface area contributed by atoms with Crippen molar-refractivity contribution in [1.29, 1.82) is 0 Å². The first-order valence-corrected chi connectivity index (χ1v) is 10.5. The molecule has 2 aromatic carbocycles. The highest BCUT2D eigenvalue weighted by molar-refractivity contribution is 6.15. The van der Waals surface area contributed by atoms with Gasteiger partial charge in [-0.15, -0.1) is 0 Å². The van der Waals surface area contributed by atoms with Crippen molar-refractivity contribution in [2.75, 3.05) is 14.2 Å². The van der Waals surface area contributed by atoms with Crippen LogP contribution in [0.25, 0.3) is 11.1 Å². The molecule has 4 aliphatic carbocycles. The van der Waals surface area contributed by atoms with E-state index in [0.29, 0.717) is 0 Å². The Bertz CT molecular complexity index is 1030. The second kappa shape index (κ2) is 6.31. The lowest BCUT2D eigenvalue weighted by Crippen LogP contribution is -2.51. The van der Waals surface area contributed by atoms with Crippen molar-refractivity contribution in [3.05, 3.63) is 71.8 Å². The van der Waals surface area contributed by atoms with Crippen LogP contribution in [0, 0.1) is 34.5 Å². The third-order valence-corrected chi connectivity index (χ3v) is 8.09. The molecule has 0 N–H and O–H groups in total. The molecule has 4 bridgehead atoms. The van der Waals surface area contributed by atoms with Crippen LogP contribution in [-0.4, -0.2) is 26.2 Å². The highest BCUT2D eigenvalue weighted by atomic mass is 16.5. The maximum absolute atomic E-state index is 13.5. The average molecular weight is 402 g/mol. The van der Waals surface area contributed by atoms with Crippen LogP contribution in [0.3, 0.4) is 0 Å². The molecule has 0 aromatic heterocycles. The van der Waals surface area contributed by atoms with Crippen LogP contribution < -0.4 is 0 Å². The van der Waals surface area contributed by atoms with Gasteiger partial charge in [-0.3, -0.25) is 9.59 Å². The Labute approximate surface area is 176 Å². The van der Waals surface area contributed by atoms with Gasteiger partial charge in [0.1, 0.15) is 5.41 Å². The van der Waals surface area contributed by atoms with Crippen molar-refractivity contribution in [3.8, 4) is 0 Å². The SMILES string of the molecule is COC(=O)C12C(c3ccccc3)=C(c3ccccc3)C3(C(=O)OC)[C@H](C)C1[C@H]2[C@@H]3C. The molecule has 2 aromatic rings. The van der Waals surface area contributed by atoms with Gasteiger partial charge < -0.3 is 9.47 Å². The van der Waals surface area contributed by atoms with Crippen LogP contribution in [0.5, 0.6) is 0 Å². The minimum atomic E-state index is -0.785. The van der Waals surface area contributed by atoms with Crippen molar-refractivity contribution in [3.63, 3.8) is 0 Å². The zero-order valence-electron chi connectivity index (χ0n) is 17.7. The number of ether oxygens (including phenoxy) is 2. The van der Waals surface area contributed by atoms with Crippen molar-refractivity contribution >= 4 is 23.1 Å². The summed E-state index contributed by atoms with van der Waals surface area (Å²) in [7, 11) is 2.93. The summed E-state index contributed by atoms with van der Waals surface area (Å²) in [6.45, 7) is 4.21. The third-order valence-electron chi connectivity index (χ3n) is 8.09. The summed E-state index contributed by atoms with van der Waals surface area (Å²) in [5.74, 6) is -0.302. The van der Waals surface area contributed by atoms with Gasteiger partial charge in [-0.2, -0.15) is 0 Å². The van der Waals surface area contributed by atoms with E-state index in [2.05, 4.69) is 13.8 Å². The zero-order valence-corrected chi connectivity index (χ0v) is 17.7. The van der Waals surface area contributed by atoms with Gasteiger partial charge in [-0.05, 0) is 45.9 Å². The second-order valence-corrected chi connectivity index (χ2v) is 8.83. The molecule has 2 fully saturated rings. The quantitative estimate of drug-likeness (QED) is 0.709. The van der Waals surface area contributed by atoms with Gasteiger partial charge in [0, 0.05) is 0 Å². The van der Waals surface area contributed by atoms with Crippen molar-refractivity contribution in [2.24, 2.45) is 34.5 Å². The molecule has 0 saturated heterocycles. The van der Waals surface area contributed by atoms with E-state index in [1.165, 1.54) is 14.2 Å². The van der Waals surface area contributed by atoms with Crippen molar-refractivity contribution in [2.45, 2.75) is 13.8 Å². The third kappa shape index (κ3) is 1.93. The van der Waals surface area contributed by atoms with E-state index in [1.807, 2.05) is 60.7 Å². The Kier molecular flexibility index (Phi) is 4.02. The first kappa shape index (κ1) is 19.1. The largest absolute Gasteiger partial charge is 0.468 e. The minimum Gasteiger partial charge on any atom is -0.468 e. The zero-order chi connectivity index (χ0) is 21.3. The molecular formula is C26H26O4. The summed E-state index contributed by atoms with van der Waals surface area (Å²) in [5.41, 5.74) is 2.31. The molecule has 0 spiro atoms. The standard InChI is InChI=1S/C26H26O4/c1-15-19-20-16(2)25(15,23(27)29-3)21(17-11-7-5-8-12-17)22(18-13-9-6-10-14-18)26(19,20)24(28)30-4/h5-16,19-20H,1-4H3/t15-,16+,19+,20?,25?,26?/m0/s1. The lowest BCUT2D eigenvalue weighted by atomic mass is 9.52. The number of hydrogen-bond acceptors (Lipinski definition) is 4. The van der Waals surface area contributed by atoms with Crippen LogP contribution in [0.15, 0.2) is 60.7 Å². The lowest BCUT2D eigenvalue weighted by Gasteiger charge is -2.49. The fourth-order valence-corrected chi connectivity index (χ4v) is 7.20. The van der Waals surface area contributed by atoms with E-state index >= 15 is 0 Å². The molecule has 2 saturated carbocycles. The molecule has 4 nitrogen and oxygen atoms in total. The van der Waals surface area contributed by atoms with E-state index in [9.17, 15) is 9.59 Å². The number of carbonyl (C=O) groups excluding carboxylic acids is 2. The number of benzene rings is 2. The molecule has 0 aliphatic heterocycles. The number of carbonyl (C=O) groups is 2. The highest BCUT2D eigenvalue weighted by Crippen LogP contribution is 2.87. The fourth-order valence-electron chi connectivity index (χ4n) is 7.20. The van der Waals surface area contributed by atoms with Crippen LogP contribution in [-0.2, 0) is 19.1 Å². The van der Waals surface area contributed by atoms with Gasteiger partial charge in [0.25, 0.3) is 0 Å². The van der Waals surface area contributed by atoms with E-state index in [4.69, 9.17) is 9.47 Å². The molecule has 30 heavy (non-hydrogen) atoms. The van der Waals surface area contributed by atoms with Crippen LogP contribution in [0.1, 0.15) is 25.0 Å². The maximum Gasteiger partial charge on any atom is 0.316 e. The Balaban J connectivity index is 1.94. The van der Waals surface area contributed by atoms with Crippen LogP contribution in [0.2, 0.25) is 0 Å². The molecule has 6 atom stereocenters. The molecule has 0 amide bonds. The van der Waals surface area contributed by atoms with Crippen LogP contribution >= 0.6 is 0 Å². The Morgan fingerprint density at radius 3 is 1.43 bits per heavy atom. The van der Waals surface area contributed by atoms with Crippen LogP contribution in [0.4, 0.5) is 0 Å². The van der Waals surface area contributed by atoms with E-state index in [-0.39, 0.29) is 35.6 Å². The average Bonchev–Trinajstić information content (AvgIpc) is 3.45. The molecule has 0 radical (unpaired) electrons. The predicted molar refractivity (Wildman–Crippen MR) is 114 cm³/mol. The molecule has 3 unspecified atom stereocenters. The summed E-state index contributed by atoms with van der Waals surface area (Å²) in [5, 5.41) is 0. The summed E-state index contributed by atoms with van der Waals surface area (Å²) in [6.07, 6.45) is 0. The first-order valence-electron chi connectivity index (χ1n) is 10.5. The monoisotopic (exact) mass is 402 g/mol. The molecular weight excluding hydrogens is 376 g/mol. The highest BCUT2D eigenvalue weighted by Gasteiger charge is 2.88. The molecule has 154 valence electrons. The van der Waals surface area contributed by atoms with Gasteiger partial charge >= 0.3 is 11.9 Å². The van der Waals surface area contributed by atoms with Crippen molar-refractivity contribution < 1.29 is 19.1 Å². The van der Waals surface area contributed by atoms with E-state index in [0.717, 1.165) is 22.3 Å². The fraction of sp³-hybridized carbons (Fsp3) is 0.385. The number of hydrogen-bond donors (Lipinski definition) is 0. The molecule has 4 aliphatic rings. The van der Waals surface area contributed by atoms with Crippen molar-refractivity contribution in [1.82, 2.24) is 0 Å². The maximum atomic E-state index is 13.5. The molecule has 0 heterocycles. The first-order chi connectivity index (χ1) is 14.5.